The number of pyridine rings is 1. The highest BCUT2D eigenvalue weighted by Crippen LogP contribution is 2.26. The first kappa shape index (κ1) is 18.6. The summed E-state index contributed by atoms with van der Waals surface area (Å²) in [6.45, 7) is 3.98. The predicted octanol–water partition coefficient (Wildman–Crippen LogP) is 4.91. The van der Waals surface area contributed by atoms with Crippen LogP contribution < -0.4 is 10.6 Å². The molecule has 0 saturated heterocycles. The molecule has 0 spiro atoms. The van der Waals surface area contributed by atoms with Crippen molar-refractivity contribution in [2.75, 3.05) is 10.6 Å². The lowest BCUT2D eigenvalue weighted by Crippen LogP contribution is -2.16. The molecule has 3 aromatic rings. The third kappa shape index (κ3) is 4.33. The van der Waals surface area contributed by atoms with Crippen molar-refractivity contribution in [3.8, 4) is 11.4 Å². The molecule has 2 aromatic heterocycles. The van der Waals surface area contributed by atoms with Gasteiger partial charge in [0.25, 0.3) is 0 Å². The van der Waals surface area contributed by atoms with E-state index in [1.165, 1.54) is 0 Å². The van der Waals surface area contributed by atoms with Crippen LogP contribution in [0.15, 0.2) is 42.6 Å². The van der Waals surface area contributed by atoms with Gasteiger partial charge in [0, 0.05) is 18.3 Å². The molecule has 0 saturated carbocycles. The van der Waals surface area contributed by atoms with Crippen LogP contribution in [0.5, 0.6) is 0 Å². The van der Waals surface area contributed by atoms with Gasteiger partial charge >= 0.3 is 0 Å². The molecule has 2 N–H and O–H groups in total. The minimum atomic E-state index is -1.54. The molecular formula is C19H18F3N5. The zero-order valence-corrected chi connectivity index (χ0v) is 14.8. The summed E-state index contributed by atoms with van der Waals surface area (Å²) >= 11 is 0. The van der Waals surface area contributed by atoms with Crippen molar-refractivity contribution in [3.05, 3.63) is 60.0 Å². The van der Waals surface area contributed by atoms with Gasteiger partial charge in [-0.1, -0.05) is 13.0 Å². The lowest BCUT2D eigenvalue weighted by atomic mass is 10.2. The van der Waals surface area contributed by atoms with Gasteiger partial charge < -0.3 is 10.6 Å². The highest BCUT2D eigenvalue weighted by molar-refractivity contribution is 5.65. The van der Waals surface area contributed by atoms with E-state index in [1.54, 1.807) is 24.4 Å². The molecule has 27 heavy (non-hydrogen) atoms. The van der Waals surface area contributed by atoms with Gasteiger partial charge in [0.15, 0.2) is 17.5 Å². The summed E-state index contributed by atoms with van der Waals surface area (Å²) in [5.74, 6) is -3.57. The normalized spacial score (nSPS) is 11.9. The Kier molecular flexibility index (Phi) is 5.54. The van der Waals surface area contributed by atoms with Crippen LogP contribution in [0, 0.1) is 17.5 Å². The number of nitrogens with one attached hydrogen (secondary N) is 2. The molecule has 0 amide bonds. The van der Waals surface area contributed by atoms with E-state index in [9.17, 15) is 13.2 Å². The van der Waals surface area contributed by atoms with Crippen LogP contribution in [0.2, 0.25) is 0 Å². The second kappa shape index (κ2) is 8.03. The van der Waals surface area contributed by atoms with Crippen molar-refractivity contribution in [1.82, 2.24) is 15.0 Å². The molecule has 1 aromatic carbocycles. The van der Waals surface area contributed by atoms with E-state index in [0.29, 0.717) is 17.3 Å². The van der Waals surface area contributed by atoms with Crippen molar-refractivity contribution in [1.29, 1.82) is 0 Å². The van der Waals surface area contributed by atoms with Crippen LogP contribution in [0.4, 0.5) is 30.6 Å². The van der Waals surface area contributed by atoms with Gasteiger partial charge in [-0.05, 0) is 37.6 Å². The van der Waals surface area contributed by atoms with Gasteiger partial charge in [0.2, 0.25) is 5.95 Å². The Balaban J connectivity index is 2.01. The summed E-state index contributed by atoms with van der Waals surface area (Å²) in [4.78, 5) is 13.0. The number of hydrogen-bond donors (Lipinski definition) is 2. The van der Waals surface area contributed by atoms with Crippen molar-refractivity contribution < 1.29 is 13.2 Å². The third-order valence-electron chi connectivity index (χ3n) is 3.94. The Morgan fingerprint density at radius 3 is 2.52 bits per heavy atom. The molecule has 0 aliphatic heterocycles. The van der Waals surface area contributed by atoms with Crippen LogP contribution in [0.1, 0.15) is 20.3 Å². The van der Waals surface area contributed by atoms with Crippen LogP contribution in [0.25, 0.3) is 11.4 Å². The first-order valence-electron chi connectivity index (χ1n) is 8.45. The van der Waals surface area contributed by atoms with Crippen LogP contribution in [-0.4, -0.2) is 21.0 Å². The number of halogens is 3. The molecule has 2 heterocycles. The number of hydrogen-bond acceptors (Lipinski definition) is 5. The summed E-state index contributed by atoms with van der Waals surface area (Å²) in [5.41, 5.74) is 0.872. The van der Waals surface area contributed by atoms with E-state index in [-0.39, 0.29) is 17.5 Å². The smallest absolute Gasteiger partial charge is 0.225 e. The maximum Gasteiger partial charge on any atom is 0.225 e. The zero-order chi connectivity index (χ0) is 19.4. The monoisotopic (exact) mass is 373 g/mol. The van der Waals surface area contributed by atoms with Crippen LogP contribution in [-0.2, 0) is 0 Å². The maximum atomic E-state index is 14.0. The molecule has 0 aliphatic carbocycles. The summed E-state index contributed by atoms with van der Waals surface area (Å²) in [7, 11) is 0. The molecule has 0 aliphatic rings. The summed E-state index contributed by atoms with van der Waals surface area (Å²) in [5, 5.41) is 5.83. The van der Waals surface area contributed by atoms with E-state index in [0.717, 1.165) is 18.6 Å². The first-order valence-corrected chi connectivity index (χ1v) is 8.45. The molecule has 140 valence electrons. The lowest BCUT2D eigenvalue weighted by molar-refractivity contribution is 0.449. The highest BCUT2D eigenvalue weighted by Gasteiger charge is 2.15. The van der Waals surface area contributed by atoms with E-state index in [4.69, 9.17) is 0 Å². The zero-order valence-electron chi connectivity index (χ0n) is 14.8. The summed E-state index contributed by atoms with van der Waals surface area (Å²) < 4.78 is 40.6. The minimum Gasteiger partial charge on any atom is -0.352 e. The molecular weight excluding hydrogens is 355 g/mol. The predicted molar refractivity (Wildman–Crippen MR) is 98.2 cm³/mol. The average Bonchev–Trinajstić information content (AvgIpc) is 2.69. The molecule has 3 rings (SSSR count). The average molecular weight is 373 g/mol. The number of nitrogens with zero attached hydrogens (tertiary/aromatic N) is 3. The highest BCUT2D eigenvalue weighted by atomic mass is 19.2. The van der Waals surface area contributed by atoms with Gasteiger partial charge in [-0.25, -0.2) is 18.2 Å². The molecule has 5 nitrogen and oxygen atoms in total. The summed E-state index contributed by atoms with van der Waals surface area (Å²) in [6.07, 6.45) is 2.47. The number of benzene rings is 1. The fraction of sp³-hybridized carbons (Fsp3) is 0.211. The van der Waals surface area contributed by atoms with Gasteiger partial charge in [0.1, 0.15) is 5.82 Å². The standard InChI is InChI=1S/C19H18F3N5/c1-3-11(2)24-19-26-15(13-6-4-5-9-23-13)10-16(27-19)25-14-8-7-12(20)17(21)18(14)22/h4-11H,3H2,1-2H3,(H2,24,25,26,27)/t11-/m1/s1. The van der Waals surface area contributed by atoms with Gasteiger partial charge in [-0.2, -0.15) is 4.98 Å². The van der Waals surface area contributed by atoms with E-state index in [2.05, 4.69) is 25.6 Å². The fourth-order valence-corrected chi connectivity index (χ4v) is 2.30. The Labute approximate surface area is 154 Å². The second-order valence-corrected chi connectivity index (χ2v) is 5.98. The van der Waals surface area contributed by atoms with Crippen molar-refractivity contribution in [2.24, 2.45) is 0 Å². The lowest BCUT2D eigenvalue weighted by Gasteiger charge is -2.14. The molecule has 1 atom stereocenters. The molecule has 0 unspecified atom stereocenters. The number of rotatable bonds is 6. The Morgan fingerprint density at radius 1 is 1.00 bits per heavy atom. The summed E-state index contributed by atoms with van der Waals surface area (Å²) in [6, 6.07) is 8.99. The van der Waals surface area contributed by atoms with Crippen molar-refractivity contribution >= 4 is 17.5 Å². The fourth-order valence-electron chi connectivity index (χ4n) is 2.30. The largest absolute Gasteiger partial charge is 0.352 e. The maximum absolute atomic E-state index is 14.0. The SMILES string of the molecule is CC[C@@H](C)Nc1nc(Nc2ccc(F)c(F)c2F)cc(-c2ccccn2)n1. The quantitative estimate of drug-likeness (QED) is 0.601. The van der Waals surface area contributed by atoms with E-state index in [1.807, 2.05) is 19.9 Å². The van der Waals surface area contributed by atoms with E-state index >= 15 is 0 Å². The first-order chi connectivity index (χ1) is 13.0. The number of aromatic nitrogens is 3. The van der Waals surface area contributed by atoms with Crippen LogP contribution in [0.3, 0.4) is 0 Å². The Bertz CT molecular complexity index is 934. The van der Waals surface area contributed by atoms with Gasteiger partial charge in [-0.15, -0.1) is 0 Å². The van der Waals surface area contributed by atoms with Crippen molar-refractivity contribution in [3.63, 3.8) is 0 Å². The number of anilines is 3. The van der Waals surface area contributed by atoms with Crippen molar-refractivity contribution in [2.45, 2.75) is 26.3 Å². The Morgan fingerprint density at radius 2 is 1.81 bits per heavy atom. The second-order valence-electron chi connectivity index (χ2n) is 5.98. The topological polar surface area (TPSA) is 62.7 Å². The molecule has 0 bridgehead atoms. The minimum absolute atomic E-state index is 0.108. The van der Waals surface area contributed by atoms with E-state index < -0.39 is 17.5 Å². The van der Waals surface area contributed by atoms with Gasteiger partial charge in [-0.3, -0.25) is 4.98 Å². The Hall–Kier alpha value is -3.16. The molecule has 0 fully saturated rings. The molecule has 8 heteroatoms. The third-order valence-corrected chi connectivity index (χ3v) is 3.94. The van der Waals surface area contributed by atoms with Gasteiger partial charge in [0.05, 0.1) is 17.1 Å². The van der Waals surface area contributed by atoms with Crippen LogP contribution >= 0.6 is 0 Å². The molecule has 0 radical (unpaired) electrons.